The maximum Gasteiger partial charge on any atom is 0.272 e. The number of anilines is 1. The zero-order valence-corrected chi connectivity index (χ0v) is 16.3. The molecule has 0 saturated heterocycles. The molecule has 3 aromatic rings. The average Bonchev–Trinajstić information content (AvgIpc) is 3.04. The van der Waals surface area contributed by atoms with E-state index in [1.165, 1.54) is 12.1 Å². The second-order valence-corrected chi connectivity index (χ2v) is 7.57. The molecular formula is C20H16Cl2N4O2. The van der Waals surface area contributed by atoms with E-state index < -0.39 is 11.0 Å². The molecule has 6 nitrogen and oxygen atoms in total. The van der Waals surface area contributed by atoms with Crippen LogP contribution in [0.5, 0.6) is 5.75 Å². The number of carbonyl (C=O) groups is 1. The number of aryl methyl sites for hydroxylation is 1. The van der Waals surface area contributed by atoms with Gasteiger partial charge in [-0.25, -0.2) is 0 Å². The third kappa shape index (κ3) is 3.37. The number of nitrogens with zero attached hydrogens (tertiary/aromatic N) is 3. The van der Waals surface area contributed by atoms with Gasteiger partial charge in [-0.15, -0.1) is 0 Å². The topological polar surface area (TPSA) is 79.0 Å². The Morgan fingerprint density at radius 2 is 2.00 bits per heavy atom. The van der Waals surface area contributed by atoms with Crippen LogP contribution >= 0.6 is 23.2 Å². The SMILES string of the molecule is Cc1ccc2c(c1)-c1c(C(Cl)Cl)ccn1[C@@H](N=Nc1cccc(O)c1)C(=O)N2. The summed E-state index contributed by atoms with van der Waals surface area (Å²) < 4.78 is 1.71. The van der Waals surface area contributed by atoms with Gasteiger partial charge in [0.15, 0.2) is 0 Å². The summed E-state index contributed by atoms with van der Waals surface area (Å²) in [5.74, 6) is -0.267. The van der Waals surface area contributed by atoms with E-state index in [0.717, 1.165) is 11.1 Å². The van der Waals surface area contributed by atoms with Crippen LogP contribution in [0.1, 0.15) is 22.1 Å². The standard InChI is InChI=1S/C20H16Cl2N4O2/c1-11-5-6-16-15(9-11)17-14(18(21)22)7-8-26(17)19(20(28)23-16)25-24-12-3-2-4-13(27)10-12/h2-10,18-19,27H,1H3,(H,23,28)/t19-/m1/s1. The molecule has 142 valence electrons. The maximum atomic E-state index is 12.9. The Bertz CT molecular complexity index is 1090. The molecule has 0 saturated carbocycles. The van der Waals surface area contributed by atoms with Crippen molar-refractivity contribution >= 4 is 40.5 Å². The predicted octanol–water partition coefficient (Wildman–Crippen LogP) is 5.88. The Kier molecular flexibility index (Phi) is 4.83. The maximum absolute atomic E-state index is 12.9. The number of benzene rings is 2. The van der Waals surface area contributed by atoms with E-state index >= 15 is 0 Å². The molecule has 8 heteroatoms. The fourth-order valence-electron chi connectivity index (χ4n) is 3.21. The first-order valence-corrected chi connectivity index (χ1v) is 9.42. The van der Waals surface area contributed by atoms with Crippen molar-refractivity contribution in [3.63, 3.8) is 0 Å². The number of amides is 1. The summed E-state index contributed by atoms with van der Waals surface area (Å²) in [4.78, 5) is 12.1. The quantitative estimate of drug-likeness (QED) is 0.414. The highest BCUT2D eigenvalue weighted by atomic mass is 35.5. The van der Waals surface area contributed by atoms with Crippen LogP contribution in [0.2, 0.25) is 0 Å². The molecule has 4 rings (SSSR count). The molecule has 0 spiro atoms. The van der Waals surface area contributed by atoms with Gasteiger partial charge in [0.2, 0.25) is 6.17 Å². The van der Waals surface area contributed by atoms with Gasteiger partial charge in [0.1, 0.15) is 10.6 Å². The molecule has 0 bridgehead atoms. The number of aromatic nitrogens is 1. The van der Waals surface area contributed by atoms with Gasteiger partial charge in [-0.3, -0.25) is 4.79 Å². The number of hydrogen-bond acceptors (Lipinski definition) is 4. The highest BCUT2D eigenvalue weighted by molar-refractivity contribution is 6.44. The van der Waals surface area contributed by atoms with Gasteiger partial charge in [-0.05, 0) is 37.3 Å². The zero-order chi connectivity index (χ0) is 19.8. The second-order valence-electron chi connectivity index (χ2n) is 6.47. The van der Waals surface area contributed by atoms with Crippen LogP contribution in [0.25, 0.3) is 11.3 Å². The van der Waals surface area contributed by atoms with Crippen molar-refractivity contribution in [1.29, 1.82) is 0 Å². The molecule has 0 radical (unpaired) electrons. The Morgan fingerprint density at radius 3 is 2.75 bits per heavy atom. The van der Waals surface area contributed by atoms with Crippen molar-refractivity contribution in [1.82, 2.24) is 4.57 Å². The first kappa shape index (κ1) is 18.5. The fraction of sp³-hybridized carbons (Fsp3) is 0.150. The lowest BCUT2D eigenvalue weighted by Gasteiger charge is -2.14. The Balaban J connectivity index is 1.86. The van der Waals surface area contributed by atoms with E-state index in [9.17, 15) is 9.90 Å². The van der Waals surface area contributed by atoms with E-state index in [0.29, 0.717) is 22.6 Å². The number of carbonyl (C=O) groups excluding carboxylic acids is 1. The molecular weight excluding hydrogens is 399 g/mol. The monoisotopic (exact) mass is 414 g/mol. The third-order valence-corrected chi connectivity index (χ3v) is 4.95. The minimum absolute atomic E-state index is 0.0701. The van der Waals surface area contributed by atoms with Crippen LogP contribution in [0, 0.1) is 6.92 Å². The fourth-order valence-corrected chi connectivity index (χ4v) is 3.56. The molecule has 0 aliphatic carbocycles. The number of aromatic hydroxyl groups is 1. The summed E-state index contributed by atoms with van der Waals surface area (Å²) in [6.07, 6.45) is 0.775. The smallest absolute Gasteiger partial charge is 0.272 e. The summed E-state index contributed by atoms with van der Waals surface area (Å²) in [6.45, 7) is 1.97. The van der Waals surface area contributed by atoms with E-state index in [2.05, 4.69) is 15.5 Å². The summed E-state index contributed by atoms with van der Waals surface area (Å²) in [7, 11) is 0. The number of rotatable bonds is 3. The molecule has 0 unspecified atom stereocenters. The number of fused-ring (bicyclic) bond motifs is 3. The number of phenolic OH excluding ortho intramolecular Hbond substituents is 1. The normalized spacial score (nSPS) is 16.0. The molecule has 1 aliphatic heterocycles. The van der Waals surface area contributed by atoms with Crippen molar-refractivity contribution < 1.29 is 9.90 Å². The van der Waals surface area contributed by atoms with Crippen LogP contribution in [0.15, 0.2) is 65.0 Å². The van der Waals surface area contributed by atoms with Gasteiger partial charge >= 0.3 is 0 Å². The number of hydrogen-bond donors (Lipinski definition) is 2. The Morgan fingerprint density at radius 1 is 1.18 bits per heavy atom. The first-order valence-electron chi connectivity index (χ1n) is 8.54. The van der Waals surface area contributed by atoms with Gasteiger partial charge < -0.3 is 15.0 Å². The van der Waals surface area contributed by atoms with Crippen molar-refractivity contribution in [3.05, 3.63) is 65.9 Å². The highest BCUT2D eigenvalue weighted by Gasteiger charge is 2.31. The number of nitrogens with one attached hydrogen (secondary N) is 1. The number of phenols is 1. The van der Waals surface area contributed by atoms with Crippen LogP contribution < -0.4 is 5.32 Å². The van der Waals surface area contributed by atoms with E-state index in [1.54, 1.807) is 29.0 Å². The Hall–Kier alpha value is -2.83. The van der Waals surface area contributed by atoms with Crippen molar-refractivity contribution in [3.8, 4) is 17.0 Å². The predicted molar refractivity (Wildman–Crippen MR) is 109 cm³/mol. The lowest BCUT2D eigenvalue weighted by Crippen LogP contribution is -2.22. The van der Waals surface area contributed by atoms with E-state index in [-0.39, 0.29) is 11.7 Å². The van der Waals surface area contributed by atoms with Crippen molar-refractivity contribution in [2.45, 2.75) is 17.9 Å². The van der Waals surface area contributed by atoms with Crippen LogP contribution in [-0.2, 0) is 4.79 Å². The molecule has 2 heterocycles. The second kappa shape index (κ2) is 7.30. The lowest BCUT2D eigenvalue weighted by atomic mass is 10.0. The third-order valence-electron chi connectivity index (χ3n) is 4.48. The van der Waals surface area contributed by atoms with Crippen LogP contribution in [0.4, 0.5) is 11.4 Å². The van der Waals surface area contributed by atoms with E-state index in [4.69, 9.17) is 23.2 Å². The molecule has 2 aromatic carbocycles. The largest absolute Gasteiger partial charge is 0.508 e. The molecule has 1 amide bonds. The van der Waals surface area contributed by atoms with E-state index in [1.807, 2.05) is 25.1 Å². The van der Waals surface area contributed by atoms with Crippen molar-refractivity contribution in [2.75, 3.05) is 5.32 Å². The summed E-state index contributed by atoms with van der Waals surface area (Å²) in [5.41, 5.74) is 4.34. The summed E-state index contributed by atoms with van der Waals surface area (Å²) >= 11 is 12.4. The molecule has 1 aliphatic rings. The number of azo groups is 1. The molecule has 2 N–H and O–H groups in total. The Labute approximate surface area is 171 Å². The van der Waals surface area contributed by atoms with Gasteiger partial charge in [0.25, 0.3) is 5.91 Å². The first-order chi connectivity index (χ1) is 13.4. The van der Waals surface area contributed by atoms with Gasteiger partial charge in [0.05, 0.1) is 17.1 Å². The average molecular weight is 415 g/mol. The zero-order valence-electron chi connectivity index (χ0n) is 14.8. The molecule has 1 aromatic heterocycles. The van der Waals surface area contributed by atoms with Crippen molar-refractivity contribution in [2.24, 2.45) is 10.2 Å². The highest BCUT2D eigenvalue weighted by Crippen LogP contribution is 2.42. The van der Waals surface area contributed by atoms with Gasteiger partial charge in [-0.1, -0.05) is 40.9 Å². The number of alkyl halides is 2. The minimum atomic E-state index is -0.953. The van der Waals surface area contributed by atoms with Crippen LogP contribution in [0.3, 0.4) is 0 Å². The molecule has 28 heavy (non-hydrogen) atoms. The molecule has 0 fully saturated rings. The summed E-state index contributed by atoms with van der Waals surface area (Å²) in [6, 6.07) is 13.8. The summed E-state index contributed by atoms with van der Waals surface area (Å²) in [5, 5.41) is 20.9. The van der Waals surface area contributed by atoms with Gasteiger partial charge in [0, 0.05) is 23.4 Å². The molecule has 1 atom stereocenters. The van der Waals surface area contributed by atoms with Crippen LogP contribution in [-0.4, -0.2) is 15.6 Å². The van der Waals surface area contributed by atoms with Gasteiger partial charge in [-0.2, -0.15) is 10.2 Å². The minimum Gasteiger partial charge on any atom is -0.508 e. The lowest BCUT2D eigenvalue weighted by molar-refractivity contribution is -0.119. The number of halogens is 2.